The summed E-state index contributed by atoms with van der Waals surface area (Å²) in [6.07, 6.45) is -0.208. The molecule has 4 nitrogen and oxygen atoms in total. The summed E-state index contributed by atoms with van der Waals surface area (Å²) < 4.78 is 10.2. The third-order valence-corrected chi connectivity index (χ3v) is 2.90. The van der Waals surface area contributed by atoms with Gasteiger partial charge in [-0.2, -0.15) is 0 Å². The number of carbonyl (C=O) groups is 2. The maximum atomic E-state index is 11.4. The van der Waals surface area contributed by atoms with Crippen LogP contribution in [0.1, 0.15) is 13.3 Å². The van der Waals surface area contributed by atoms with Crippen LogP contribution in [-0.4, -0.2) is 18.9 Å². The highest BCUT2D eigenvalue weighted by Gasteiger charge is 2.08. The fourth-order valence-electron chi connectivity index (χ4n) is 1.87. The second kappa shape index (κ2) is 6.70. The first-order valence-corrected chi connectivity index (χ1v) is 6.53. The topological polar surface area (TPSA) is 52.6 Å². The van der Waals surface area contributed by atoms with Crippen molar-refractivity contribution < 1.29 is 19.1 Å². The SMILES string of the molecule is COc1ccc(-c2ccc(OC(=O)CC(C)=O)cc2)cc1. The van der Waals surface area contributed by atoms with Gasteiger partial charge in [-0.1, -0.05) is 24.3 Å². The fraction of sp³-hybridized carbons (Fsp3) is 0.176. The van der Waals surface area contributed by atoms with E-state index in [1.54, 1.807) is 19.2 Å². The van der Waals surface area contributed by atoms with Gasteiger partial charge in [0.05, 0.1) is 7.11 Å². The smallest absolute Gasteiger partial charge is 0.318 e. The van der Waals surface area contributed by atoms with Crippen molar-refractivity contribution in [3.63, 3.8) is 0 Å². The molecule has 0 fully saturated rings. The summed E-state index contributed by atoms with van der Waals surface area (Å²) in [6, 6.07) is 14.8. The van der Waals surface area contributed by atoms with E-state index in [1.807, 2.05) is 36.4 Å². The minimum Gasteiger partial charge on any atom is -0.497 e. The molecule has 0 amide bonds. The van der Waals surface area contributed by atoms with Crippen molar-refractivity contribution >= 4 is 11.8 Å². The van der Waals surface area contributed by atoms with Crippen LogP contribution in [0, 0.1) is 0 Å². The molecule has 4 heteroatoms. The molecular weight excluding hydrogens is 268 g/mol. The fourth-order valence-corrected chi connectivity index (χ4v) is 1.87. The van der Waals surface area contributed by atoms with Gasteiger partial charge in [-0.15, -0.1) is 0 Å². The Morgan fingerprint density at radius 3 is 1.76 bits per heavy atom. The number of benzene rings is 2. The zero-order valence-electron chi connectivity index (χ0n) is 12.0. The Morgan fingerprint density at radius 1 is 0.857 bits per heavy atom. The van der Waals surface area contributed by atoms with Crippen molar-refractivity contribution in [2.24, 2.45) is 0 Å². The third kappa shape index (κ3) is 4.18. The zero-order valence-corrected chi connectivity index (χ0v) is 12.0. The highest BCUT2D eigenvalue weighted by Crippen LogP contribution is 2.24. The number of carbonyl (C=O) groups excluding carboxylic acids is 2. The summed E-state index contributed by atoms with van der Waals surface area (Å²) in [7, 11) is 1.62. The largest absolute Gasteiger partial charge is 0.497 e. The van der Waals surface area contributed by atoms with Crippen LogP contribution < -0.4 is 9.47 Å². The third-order valence-electron chi connectivity index (χ3n) is 2.90. The summed E-state index contributed by atoms with van der Waals surface area (Å²) >= 11 is 0. The monoisotopic (exact) mass is 284 g/mol. The maximum absolute atomic E-state index is 11.4. The van der Waals surface area contributed by atoms with Crippen molar-refractivity contribution in [1.29, 1.82) is 0 Å². The van der Waals surface area contributed by atoms with Gasteiger partial charge in [0.15, 0.2) is 0 Å². The number of ether oxygens (including phenoxy) is 2. The Hall–Kier alpha value is -2.62. The number of methoxy groups -OCH3 is 1. The van der Waals surface area contributed by atoms with Crippen molar-refractivity contribution in [2.75, 3.05) is 7.11 Å². The highest BCUT2D eigenvalue weighted by atomic mass is 16.5. The molecule has 21 heavy (non-hydrogen) atoms. The predicted octanol–water partition coefficient (Wildman–Crippen LogP) is 3.25. The zero-order chi connectivity index (χ0) is 15.2. The molecule has 0 aliphatic carbocycles. The summed E-state index contributed by atoms with van der Waals surface area (Å²) in [5, 5.41) is 0. The summed E-state index contributed by atoms with van der Waals surface area (Å²) in [5.41, 5.74) is 2.04. The second-order valence-corrected chi connectivity index (χ2v) is 4.61. The van der Waals surface area contributed by atoms with Gasteiger partial charge in [0, 0.05) is 0 Å². The van der Waals surface area contributed by atoms with Gasteiger partial charge in [-0.3, -0.25) is 9.59 Å². The highest BCUT2D eigenvalue weighted by molar-refractivity contribution is 5.94. The van der Waals surface area contributed by atoms with Crippen LogP contribution in [0.2, 0.25) is 0 Å². The number of Topliss-reactive ketones (excluding diaryl/α,β-unsaturated/α-hetero) is 1. The van der Waals surface area contributed by atoms with Crippen LogP contribution in [-0.2, 0) is 9.59 Å². The summed E-state index contributed by atoms with van der Waals surface area (Å²) in [5.74, 6) is 0.474. The van der Waals surface area contributed by atoms with Gasteiger partial charge < -0.3 is 9.47 Å². The molecule has 0 aliphatic rings. The lowest BCUT2D eigenvalue weighted by Gasteiger charge is -2.06. The molecule has 0 saturated carbocycles. The number of ketones is 1. The van der Waals surface area contributed by atoms with Crippen LogP contribution in [0.3, 0.4) is 0 Å². The van der Waals surface area contributed by atoms with Crippen LogP contribution in [0.5, 0.6) is 11.5 Å². The standard InChI is InChI=1S/C17H16O4/c1-12(18)11-17(19)21-16-9-5-14(6-10-16)13-3-7-15(20-2)8-4-13/h3-10H,11H2,1-2H3. The number of rotatable bonds is 5. The summed E-state index contributed by atoms with van der Waals surface area (Å²) in [4.78, 5) is 22.2. The first-order chi connectivity index (χ1) is 10.1. The van der Waals surface area contributed by atoms with Crippen LogP contribution >= 0.6 is 0 Å². The van der Waals surface area contributed by atoms with Crippen LogP contribution in [0.25, 0.3) is 11.1 Å². The molecule has 108 valence electrons. The molecule has 0 unspecified atom stereocenters. The molecule has 2 rings (SSSR count). The van der Waals surface area contributed by atoms with E-state index in [1.165, 1.54) is 6.92 Å². The van der Waals surface area contributed by atoms with Crippen LogP contribution in [0.15, 0.2) is 48.5 Å². The predicted molar refractivity (Wildman–Crippen MR) is 79.4 cm³/mol. The minimum atomic E-state index is -0.542. The van der Waals surface area contributed by atoms with Gasteiger partial charge in [-0.05, 0) is 42.3 Å². The summed E-state index contributed by atoms with van der Waals surface area (Å²) in [6.45, 7) is 1.36. The molecule has 2 aromatic rings. The van der Waals surface area contributed by atoms with Crippen molar-refractivity contribution in [3.8, 4) is 22.6 Å². The van der Waals surface area contributed by atoms with E-state index in [9.17, 15) is 9.59 Å². The molecule has 0 N–H and O–H groups in total. The van der Waals surface area contributed by atoms with E-state index in [-0.39, 0.29) is 12.2 Å². The molecule has 0 spiro atoms. The average molecular weight is 284 g/mol. The normalized spacial score (nSPS) is 10.0. The van der Waals surface area contributed by atoms with Crippen molar-refractivity contribution in [1.82, 2.24) is 0 Å². The molecule has 0 radical (unpaired) electrons. The van der Waals surface area contributed by atoms with E-state index in [0.717, 1.165) is 16.9 Å². The number of hydrogen-bond donors (Lipinski definition) is 0. The van der Waals surface area contributed by atoms with Crippen LogP contribution in [0.4, 0.5) is 0 Å². The average Bonchev–Trinajstić information content (AvgIpc) is 2.47. The number of hydrogen-bond acceptors (Lipinski definition) is 4. The van der Waals surface area contributed by atoms with E-state index in [0.29, 0.717) is 5.75 Å². The van der Waals surface area contributed by atoms with E-state index < -0.39 is 5.97 Å². The Bertz CT molecular complexity index is 627. The molecule has 0 bridgehead atoms. The first kappa shape index (κ1) is 14.8. The van der Waals surface area contributed by atoms with Gasteiger partial charge >= 0.3 is 5.97 Å². The molecular formula is C17H16O4. The van der Waals surface area contributed by atoms with Crippen molar-refractivity contribution in [3.05, 3.63) is 48.5 Å². The van der Waals surface area contributed by atoms with E-state index in [4.69, 9.17) is 9.47 Å². The molecule has 0 aliphatic heterocycles. The van der Waals surface area contributed by atoms with Gasteiger partial charge in [0.1, 0.15) is 23.7 Å². The van der Waals surface area contributed by atoms with Gasteiger partial charge in [0.25, 0.3) is 0 Å². The first-order valence-electron chi connectivity index (χ1n) is 6.53. The molecule has 0 atom stereocenters. The quantitative estimate of drug-likeness (QED) is 0.480. The van der Waals surface area contributed by atoms with E-state index in [2.05, 4.69) is 0 Å². The molecule has 0 heterocycles. The molecule has 2 aromatic carbocycles. The lowest BCUT2D eigenvalue weighted by molar-refractivity contribution is -0.137. The Kier molecular flexibility index (Phi) is 4.72. The van der Waals surface area contributed by atoms with Gasteiger partial charge in [0.2, 0.25) is 0 Å². The van der Waals surface area contributed by atoms with Crippen molar-refractivity contribution in [2.45, 2.75) is 13.3 Å². The minimum absolute atomic E-state index is 0.208. The Morgan fingerprint density at radius 2 is 1.33 bits per heavy atom. The number of esters is 1. The Balaban J connectivity index is 2.07. The molecule has 0 aromatic heterocycles. The lowest BCUT2D eigenvalue weighted by Crippen LogP contribution is -2.11. The van der Waals surface area contributed by atoms with Gasteiger partial charge in [-0.25, -0.2) is 0 Å². The second-order valence-electron chi connectivity index (χ2n) is 4.61. The van der Waals surface area contributed by atoms with E-state index >= 15 is 0 Å². The maximum Gasteiger partial charge on any atom is 0.318 e. The molecule has 0 saturated heterocycles. The lowest BCUT2D eigenvalue weighted by atomic mass is 10.1. The Labute approximate surface area is 123 Å².